The van der Waals surface area contributed by atoms with E-state index in [1.807, 2.05) is 50.2 Å². The van der Waals surface area contributed by atoms with Crippen LogP contribution in [0.5, 0.6) is 11.5 Å². The normalized spacial score (nSPS) is 11.0. The van der Waals surface area contributed by atoms with Crippen LogP contribution in [0.4, 0.5) is 5.69 Å². The molecule has 3 aromatic rings. The summed E-state index contributed by atoms with van der Waals surface area (Å²) in [6, 6.07) is 20.0. The molecule has 0 heterocycles. The Bertz CT molecular complexity index is 1180. The van der Waals surface area contributed by atoms with Crippen molar-refractivity contribution in [3.05, 3.63) is 96.6 Å². The van der Waals surface area contributed by atoms with Gasteiger partial charge in [-0.25, -0.2) is 0 Å². The van der Waals surface area contributed by atoms with Crippen LogP contribution in [-0.2, 0) is 6.61 Å². The predicted molar refractivity (Wildman–Crippen MR) is 132 cm³/mol. The summed E-state index contributed by atoms with van der Waals surface area (Å²) >= 11 is 2.19. The molecule has 7 heteroatoms. The van der Waals surface area contributed by atoms with Crippen LogP contribution in [0.3, 0.4) is 0 Å². The SMILES string of the molecule is CCOc1cc(/C=C(/C#N)c2ccc([N+](=O)[O-])cc2)cc(I)c1OCc1ccc(C)cc1. The van der Waals surface area contributed by atoms with E-state index in [1.54, 1.807) is 18.2 Å². The summed E-state index contributed by atoms with van der Waals surface area (Å²) < 4.78 is 12.7. The minimum Gasteiger partial charge on any atom is -0.490 e. The van der Waals surface area contributed by atoms with Crippen molar-refractivity contribution in [1.29, 1.82) is 5.26 Å². The summed E-state index contributed by atoms with van der Waals surface area (Å²) in [4.78, 5) is 10.4. The number of hydrogen-bond acceptors (Lipinski definition) is 5. The highest BCUT2D eigenvalue weighted by atomic mass is 127. The number of nitro groups is 1. The molecular formula is C25H21IN2O4. The monoisotopic (exact) mass is 540 g/mol. The highest BCUT2D eigenvalue weighted by molar-refractivity contribution is 14.1. The number of benzene rings is 3. The van der Waals surface area contributed by atoms with Gasteiger partial charge in [-0.2, -0.15) is 5.26 Å². The fourth-order valence-corrected chi connectivity index (χ4v) is 3.80. The lowest BCUT2D eigenvalue weighted by Crippen LogP contribution is -2.02. The average molecular weight is 540 g/mol. The second-order valence-corrected chi connectivity index (χ2v) is 8.17. The van der Waals surface area contributed by atoms with Gasteiger partial charge in [-0.05, 0) is 83.5 Å². The topological polar surface area (TPSA) is 85.4 Å². The molecule has 3 aromatic carbocycles. The van der Waals surface area contributed by atoms with E-state index >= 15 is 0 Å². The number of halogens is 1. The Hall–Kier alpha value is -3.38. The maximum absolute atomic E-state index is 10.9. The molecule has 3 rings (SSSR count). The zero-order valence-corrected chi connectivity index (χ0v) is 19.8. The summed E-state index contributed by atoms with van der Waals surface area (Å²) in [5.41, 5.74) is 4.00. The number of nitriles is 1. The van der Waals surface area contributed by atoms with Gasteiger partial charge in [0.1, 0.15) is 6.61 Å². The van der Waals surface area contributed by atoms with E-state index in [0.717, 1.165) is 14.7 Å². The smallest absolute Gasteiger partial charge is 0.269 e. The summed E-state index contributed by atoms with van der Waals surface area (Å²) in [6.45, 7) is 4.82. The van der Waals surface area contributed by atoms with Gasteiger partial charge in [0, 0.05) is 12.1 Å². The molecule has 0 N–H and O–H groups in total. The molecular weight excluding hydrogens is 519 g/mol. The zero-order valence-electron chi connectivity index (χ0n) is 17.7. The Morgan fingerprint density at radius 2 is 1.81 bits per heavy atom. The van der Waals surface area contributed by atoms with Crippen molar-refractivity contribution in [3.8, 4) is 17.6 Å². The lowest BCUT2D eigenvalue weighted by Gasteiger charge is -2.15. The molecule has 0 fully saturated rings. The molecule has 0 saturated heterocycles. The molecule has 0 aliphatic heterocycles. The number of hydrogen-bond donors (Lipinski definition) is 0. The van der Waals surface area contributed by atoms with Gasteiger partial charge in [-0.3, -0.25) is 10.1 Å². The van der Waals surface area contributed by atoms with E-state index in [9.17, 15) is 15.4 Å². The first-order valence-corrected chi connectivity index (χ1v) is 11.0. The number of allylic oxidation sites excluding steroid dienone is 1. The van der Waals surface area contributed by atoms with Crippen molar-refractivity contribution in [1.82, 2.24) is 0 Å². The van der Waals surface area contributed by atoms with Gasteiger partial charge in [0.05, 0.1) is 26.7 Å². The lowest BCUT2D eigenvalue weighted by molar-refractivity contribution is -0.384. The van der Waals surface area contributed by atoms with Crippen molar-refractivity contribution in [2.45, 2.75) is 20.5 Å². The van der Waals surface area contributed by atoms with E-state index in [4.69, 9.17) is 9.47 Å². The molecule has 0 aliphatic carbocycles. The molecule has 0 spiro atoms. The Kier molecular flexibility index (Phi) is 7.84. The fraction of sp³-hybridized carbons (Fsp3) is 0.160. The first-order valence-electron chi connectivity index (χ1n) is 9.92. The van der Waals surface area contributed by atoms with E-state index in [0.29, 0.717) is 35.8 Å². The van der Waals surface area contributed by atoms with E-state index in [1.165, 1.54) is 17.7 Å². The number of rotatable bonds is 8. The van der Waals surface area contributed by atoms with Crippen molar-refractivity contribution in [2.24, 2.45) is 0 Å². The molecule has 0 atom stereocenters. The largest absolute Gasteiger partial charge is 0.490 e. The Balaban J connectivity index is 1.90. The average Bonchev–Trinajstić information content (AvgIpc) is 2.78. The summed E-state index contributed by atoms with van der Waals surface area (Å²) in [7, 11) is 0. The van der Waals surface area contributed by atoms with Crippen LogP contribution >= 0.6 is 22.6 Å². The van der Waals surface area contributed by atoms with Gasteiger partial charge in [0.2, 0.25) is 0 Å². The molecule has 0 aliphatic rings. The quantitative estimate of drug-likeness (QED) is 0.106. The Morgan fingerprint density at radius 3 is 2.41 bits per heavy atom. The molecule has 6 nitrogen and oxygen atoms in total. The molecule has 162 valence electrons. The number of non-ortho nitro benzene ring substituents is 1. The van der Waals surface area contributed by atoms with Crippen LogP contribution in [-0.4, -0.2) is 11.5 Å². The molecule has 0 bridgehead atoms. The minimum atomic E-state index is -0.467. The van der Waals surface area contributed by atoms with Gasteiger partial charge in [-0.1, -0.05) is 29.8 Å². The van der Waals surface area contributed by atoms with Crippen LogP contribution in [0.1, 0.15) is 29.2 Å². The zero-order chi connectivity index (χ0) is 23.1. The van der Waals surface area contributed by atoms with Crippen molar-refractivity contribution in [3.63, 3.8) is 0 Å². The summed E-state index contributed by atoms with van der Waals surface area (Å²) in [6.07, 6.45) is 1.73. The summed E-state index contributed by atoms with van der Waals surface area (Å²) in [5, 5.41) is 20.5. The summed E-state index contributed by atoms with van der Waals surface area (Å²) in [5.74, 6) is 1.25. The number of nitrogens with zero attached hydrogens (tertiary/aromatic N) is 2. The van der Waals surface area contributed by atoms with Crippen LogP contribution in [0, 0.1) is 31.9 Å². The van der Waals surface area contributed by atoms with Crippen LogP contribution in [0.25, 0.3) is 11.6 Å². The fourth-order valence-electron chi connectivity index (χ4n) is 3.02. The van der Waals surface area contributed by atoms with Crippen molar-refractivity contribution < 1.29 is 14.4 Å². The van der Waals surface area contributed by atoms with E-state index < -0.39 is 4.92 Å². The van der Waals surface area contributed by atoms with Crippen LogP contribution in [0.2, 0.25) is 0 Å². The van der Waals surface area contributed by atoms with Gasteiger partial charge < -0.3 is 9.47 Å². The highest BCUT2D eigenvalue weighted by Crippen LogP contribution is 2.36. The van der Waals surface area contributed by atoms with E-state index in [-0.39, 0.29) is 5.69 Å². The molecule has 0 unspecified atom stereocenters. The molecule has 0 saturated carbocycles. The minimum absolute atomic E-state index is 0.0192. The third-order valence-electron chi connectivity index (χ3n) is 4.66. The molecule has 0 aromatic heterocycles. The maximum atomic E-state index is 10.9. The first kappa shape index (κ1) is 23.3. The molecule has 32 heavy (non-hydrogen) atoms. The number of nitro benzene ring substituents is 1. The molecule has 0 amide bonds. The number of aryl methyl sites for hydroxylation is 1. The standard InChI is InChI=1S/C25H21IN2O4/c1-3-31-24-14-19(12-21(15-27)20-8-10-22(11-9-20)28(29)30)13-23(26)25(24)32-16-18-6-4-17(2)5-7-18/h4-14H,3,16H2,1-2H3/b21-12-. The van der Waals surface area contributed by atoms with Gasteiger partial charge in [0.15, 0.2) is 11.5 Å². The van der Waals surface area contributed by atoms with E-state index in [2.05, 4.69) is 28.7 Å². The second kappa shape index (κ2) is 10.8. The van der Waals surface area contributed by atoms with Gasteiger partial charge in [-0.15, -0.1) is 0 Å². The Morgan fingerprint density at radius 1 is 1.12 bits per heavy atom. The third-order valence-corrected chi connectivity index (χ3v) is 5.46. The predicted octanol–water partition coefficient (Wildman–Crippen LogP) is 6.55. The van der Waals surface area contributed by atoms with Crippen molar-refractivity contribution in [2.75, 3.05) is 6.61 Å². The highest BCUT2D eigenvalue weighted by Gasteiger charge is 2.13. The lowest BCUT2D eigenvalue weighted by atomic mass is 10.0. The first-order chi connectivity index (χ1) is 15.4. The van der Waals surface area contributed by atoms with Gasteiger partial charge >= 0.3 is 0 Å². The van der Waals surface area contributed by atoms with Crippen LogP contribution < -0.4 is 9.47 Å². The second-order valence-electron chi connectivity index (χ2n) is 7.01. The maximum Gasteiger partial charge on any atom is 0.269 e. The molecule has 0 radical (unpaired) electrons. The Labute approximate surface area is 200 Å². The number of ether oxygens (including phenoxy) is 2. The van der Waals surface area contributed by atoms with Crippen molar-refractivity contribution >= 4 is 39.9 Å². The third kappa shape index (κ3) is 5.86. The van der Waals surface area contributed by atoms with Gasteiger partial charge in [0.25, 0.3) is 5.69 Å². The van der Waals surface area contributed by atoms with Crippen LogP contribution in [0.15, 0.2) is 60.7 Å².